The van der Waals surface area contributed by atoms with Crippen molar-refractivity contribution >= 4 is 45.9 Å². The molecule has 2 aromatic carbocycles. The summed E-state index contributed by atoms with van der Waals surface area (Å²) in [5, 5.41) is 2.51. The van der Waals surface area contributed by atoms with Gasteiger partial charge in [0.1, 0.15) is 11.5 Å². The molecule has 36 heavy (non-hydrogen) atoms. The zero-order valence-corrected chi connectivity index (χ0v) is 20.7. The quantitative estimate of drug-likeness (QED) is 0.200. The molecule has 0 saturated carbocycles. The van der Waals surface area contributed by atoms with Crippen LogP contribution in [0.5, 0.6) is 11.5 Å². The van der Waals surface area contributed by atoms with Crippen LogP contribution in [0.4, 0.5) is 4.79 Å². The van der Waals surface area contributed by atoms with Gasteiger partial charge in [0.2, 0.25) is 5.76 Å². The summed E-state index contributed by atoms with van der Waals surface area (Å²) in [6.45, 7) is -0.173. The zero-order valence-electron chi connectivity index (χ0n) is 19.1. The average molecular weight is 555 g/mol. The molecule has 0 radical (unpaired) electrons. The summed E-state index contributed by atoms with van der Waals surface area (Å²) in [6, 6.07) is 13.6. The van der Waals surface area contributed by atoms with Crippen molar-refractivity contribution in [2.75, 3.05) is 14.2 Å². The van der Waals surface area contributed by atoms with Gasteiger partial charge >= 0.3 is 18.0 Å². The van der Waals surface area contributed by atoms with Crippen LogP contribution in [-0.2, 0) is 16.1 Å². The predicted molar refractivity (Wildman–Crippen MR) is 129 cm³/mol. The van der Waals surface area contributed by atoms with Gasteiger partial charge in [-0.05, 0) is 60.2 Å². The number of amides is 3. The van der Waals surface area contributed by atoms with E-state index in [2.05, 4.69) is 26.0 Å². The summed E-state index contributed by atoms with van der Waals surface area (Å²) >= 11 is 3.31. The van der Waals surface area contributed by atoms with Crippen molar-refractivity contribution < 1.29 is 37.8 Å². The number of esters is 2. The molecule has 0 atom stereocenters. The van der Waals surface area contributed by atoms with E-state index in [-0.39, 0.29) is 35.3 Å². The Kier molecular flexibility index (Phi) is 7.20. The lowest BCUT2D eigenvalue weighted by atomic mass is 10.1. The first-order chi connectivity index (χ1) is 17.3. The molecule has 0 aliphatic carbocycles. The van der Waals surface area contributed by atoms with Crippen LogP contribution in [0.25, 0.3) is 6.08 Å². The van der Waals surface area contributed by atoms with E-state index in [0.717, 1.165) is 9.37 Å². The van der Waals surface area contributed by atoms with Crippen LogP contribution in [0.3, 0.4) is 0 Å². The third-order valence-electron chi connectivity index (χ3n) is 5.11. The lowest BCUT2D eigenvalue weighted by Gasteiger charge is -2.10. The molecule has 3 aromatic rings. The maximum atomic E-state index is 12.8. The molecule has 0 spiro atoms. The molecule has 1 saturated heterocycles. The molecular formula is C25H19BrN2O8. The van der Waals surface area contributed by atoms with Gasteiger partial charge in [0.05, 0.1) is 26.3 Å². The number of halogens is 1. The van der Waals surface area contributed by atoms with Crippen molar-refractivity contribution in [3.05, 3.63) is 87.4 Å². The number of nitrogens with zero attached hydrogens (tertiary/aromatic N) is 1. The first-order valence-electron chi connectivity index (χ1n) is 10.5. The number of ether oxygens (including phenoxy) is 3. The van der Waals surface area contributed by atoms with Crippen molar-refractivity contribution in [3.63, 3.8) is 0 Å². The van der Waals surface area contributed by atoms with Gasteiger partial charge in [-0.1, -0.05) is 22.0 Å². The van der Waals surface area contributed by atoms with Crippen molar-refractivity contribution in [2.45, 2.75) is 6.54 Å². The van der Waals surface area contributed by atoms with E-state index in [4.69, 9.17) is 13.9 Å². The van der Waals surface area contributed by atoms with Gasteiger partial charge in [-0.25, -0.2) is 14.4 Å². The van der Waals surface area contributed by atoms with Crippen LogP contribution in [0.2, 0.25) is 0 Å². The lowest BCUT2D eigenvalue weighted by molar-refractivity contribution is -0.123. The van der Waals surface area contributed by atoms with Gasteiger partial charge in [0.25, 0.3) is 5.91 Å². The highest BCUT2D eigenvalue weighted by molar-refractivity contribution is 9.10. The Balaban J connectivity index is 1.49. The third kappa shape index (κ3) is 5.31. The number of furan rings is 1. The van der Waals surface area contributed by atoms with Gasteiger partial charge in [-0.15, -0.1) is 0 Å². The first-order valence-corrected chi connectivity index (χ1v) is 11.3. The maximum absolute atomic E-state index is 12.8. The fraction of sp³-hybridized carbons (Fsp3) is 0.120. The Morgan fingerprint density at radius 3 is 2.44 bits per heavy atom. The van der Waals surface area contributed by atoms with E-state index in [0.29, 0.717) is 11.1 Å². The maximum Gasteiger partial charge on any atom is 0.373 e. The molecule has 11 heteroatoms. The van der Waals surface area contributed by atoms with Crippen molar-refractivity contribution in [1.29, 1.82) is 0 Å². The SMILES string of the molecule is COC(=O)c1ccc(CN2C(=O)N/C(=C\c3ccc(OC(=O)c4ccc(Br)cc4)c(OC)c3)C2=O)o1. The fourth-order valence-electron chi connectivity index (χ4n) is 3.31. The highest BCUT2D eigenvalue weighted by Gasteiger charge is 2.34. The van der Waals surface area contributed by atoms with Crippen LogP contribution < -0.4 is 14.8 Å². The highest BCUT2D eigenvalue weighted by Crippen LogP contribution is 2.30. The van der Waals surface area contributed by atoms with E-state index in [1.807, 2.05) is 0 Å². The molecule has 1 aliphatic heterocycles. The second-order valence-corrected chi connectivity index (χ2v) is 8.36. The van der Waals surface area contributed by atoms with E-state index in [1.165, 1.54) is 38.5 Å². The number of methoxy groups -OCH3 is 2. The summed E-state index contributed by atoms with van der Waals surface area (Å²) in [4.78, 5) is 50.1. The second-order valence-electron chi connectivity index (χ2n) is 7.44. The average Bonchev–Trinajstić information content (AvgIpc) is 3.45. The molecule has 3 amide bonds. The van der Waals surface area contributed by atoms with Crippen molar-refractivity contribution in [3.8, 4) is 11.5 Å². The van der Waals surface area contributed by atoms with Crippen LogP contribution >= 0.6 is 15.9 Å². The van der Waals surface area contributed by atoms with E-state index >= 15 is 0 Å². The first kappa shape index (κ1) is 24.7. The molecule has 4 rings (SSSR count). The van der Waals surface area contributed by atoms with E-state index in [9.17, 15) is 19.2 Å². The predicted octanol–water partition coefficient (Wildman–Crippen LogP) is 4.15. The van der Waals surface area contributed by atoms with Crippen molar-refractivity contribution in [1.82, 2.24) is 10.2 Å². The Morgan fingerprint density at radius 2 is 1.75 bits per heavy atom. The molecule has 1 N–H and O–H groups in total. The van der Waals surface area contributed by atoms with E-state index in [1.54, 1.807) is 36.4 Å². The number of nitrogens with one attached hydrogen (secondary N) is 1. The minimum Gasteiger partial charge on any atom is -0.493 e. The number of rotatable bonds is 7. The summed E-state index contributed by atoms with van der Waals surface area (Å²) in [5.74, 6) is -1.17. The zero-order chi connectivity index (χ0) is 25.8. The summed E-state index contributed by atoms with van der Waals surface area (Å²) in [5.41, 5.74) is 0.911. The largest absolute Gasteiger partial charge is 0.493 e. The fourth-order valence-corrected chi connectivity index (χ4v) is 3.58. The molecule has 1 aliphatic rings. The van der Waals surface area contributed by atoms with Crippen LogP contribution in [0.1, 0.15) is 32.2 Å². The summed E-state index contributed by atoms with van der Waals surface area (Å²) < 4.78 is 21.5. The molecule has 0 unspecified atom stereocenters. The molecule has 1 aromatic heterocycles. The molecule has 10 nitrogen and oxygen atoms in total. The summed E-state index contributed by atoms with van der Waals surface area (Å²) in [6.07, 6.45) is 1.46. The number of carbonyl (C=O) groups excluding carboxylic acids is 4. The van der Waals surface area contributed by atoms with Crippen LogP contribution in [0, 0.1) is 0 Å². The van der Waals surface area contributed by atoms with Gasteiger partial charge in [0, 0.05) is 4.47 Å². The van der Waals surface area contributed by atoms with Gasteiger partial charge in [-0.2, -0.15) is 0 Å². The number of urea groups is 1. The molecule has 0 bridgehead atoms. The van der Waals surface area contributed by atoms with Gasteiger partial charge < -0.3 is 23.9 Å². The van der Waals surface area contributed by atoms with Gasteiger partial charge in [-0.3, -0.25) is 9.69 Å². The third-order valence-corrected chi connectivity index (χ3v) is 5.63. The molecule has 1 fully saturated rings. The number of carbonyl (C=O) groups is 4. The monoisotopic (exact) mass is 554 g/mol. The number of hydrogen-bond donors (Lipinski definition) is 1. The Hall–Kier alpha value is -4.38. The molecule has 2 heterocycles. The second kappa shape index (κ2) is 10.5. The Labute approximate surface area is 213 Å². The standard InChI is InChI=1S/C25H19BrN2O8/c1-33-21-12-14(3-9-19(21)36-23(30)15-4-6-16(26)7-5-15)11-18-22(29)28(25(32)27-18)13-17-8-10-20(35-17)24(31)34-2/h3-12H,13H2,1-2H3,(H,27,32)/b18-11-. The molecule has 184 valence electrons. The van der Waals surface area contributed by atoms with Crippen molar-refractivity contribution in [2.24, 2.45) is 0 Å². The van der Waals surface area contributed by atoms with Gasteiger partial charge in [0.15, 0.2) is 11.5 Å². The Morgan fingerprint density at radius 1 is 1.00 bits per heavy atom. The number of benzene rings is 2. The smallest absolute Gasteiger partial charge is 0.373 e. The van der Waals surface area contributed by atoms with Crippen LogP contribution in [-0.4, -0.2) is 43.0 Å². The topological polar surface area (TPSA) is 124 Å². The number of imide groups is 1. The minimum absolute atomic E-state index is 0.0291. The van der Waals surface area contributed by atoms with Crippen LogP contribution in [0.15, 0.2) is 69.2 Å². The highest BCUT2D eigenvalue weighted by atomic mass is 79.9. The number of hydrogen-bond acceptors (Lipinski definition) is 8. The van der Waals surface area contributed by atoms with E-state index < -0.39 is 23.9 Å². The summed E-state index contributed by atoms with van der Waals surface area (Å²) in [7, 11) is 2.63. The lowest BCUT2D eigenvalue weighted by Crippen LogP contribution is -2.30. The Bertz CT molecular complexity index is 1380. The minimum atomic E-state index is -0.668. The molecular weight excluding hydrogens is 536 g/mol. The normalized spacial score (nSPS) is 14.1.